The Bertz CT molecular complexity index is 921. The molecule has 0 aliphatic heterocycles. The van der Waals surface area contributed by atoms with Crippen LogP contribution in [-0.2, 0) is 6.18 Å². The van der Waals surface area contributed by atoms with Crippen molar-refractivity contribution in [1.29, 1.82) is 0 Å². The van der Waals surface area contributed by atoms with Crippen molar-refractivity contribution in [3.8, 4) is 0 Å². The largest absolute Gasteiger partial charge is 0.416 e. The Balaban J connectivity index is 1.74. The zero-order valence-electron chi connectivity index (χ0n) is 17.3. The molecule has 1 saturated carbocycles. The lowest BCUT2D eigenvalue weighted by Gasteiger charge is -2.31. The van der Waals surface area contributed by atoms with E-state index in [1.807, 2.05) is 32.0 Å². The van der Waals surface area contributed by atoms with E-state index in [0.29, 0.717) is 24.2 Å². The zero-order valence-corrected chi connectivity index (χ0v) is 17.3. The molecular formula is C21H26F3N5O. The fraction of sp³-hybridized carbons (Fsp3) is 0.476. The van der Waals surface area contributed by atoms with Crippen molar-refractivity contribution >= 4 is 17.5 Å². The van der Waals surface area contributed by atoms with E-state index >= 15 is 0 Å². The maximum atomic E-state index is 13.2. The zero-order chi connectivity index (χ0) is 22.1. The number of alkyl halides is 3. The third-order valence-corrected chi connectivity index (χ3v) is 5.45. The van der Waals surface area contributed by atoms with Crippen LogP contribution in [0.25, 0.3) is 0 Å². The van der Waals surface area contributed by atoms with Gasteiger partial charge in [0, 0.05) is 31.8 Å². The summed E-state index contributed by atoms with van der Waals surface area (Å²) in [6.07, 6.45) is -1.65. The first-order valence-electron chi connectivity index (χ1n) is 9.85. The summed E-state index contributed by atoms with van der Waals surface area (Å²) in [5.41, 5.74) is 5.22. The quantitative estimate of drug-likeness (QED) is 0.759. The summed E-state index contributed by atoms with van der Waals surface area (Å²) in [6, 6.07) is 5.20. The summed E-state index contributed by atoms with van der Waals surface area (Å²) in [7, 11) is 3.81. The van der Waals surface area contributed by atoms with Gasteiger partial charge in [-0.1, -0.05) is 0 Å². The summed E-state index contributed by atoms with van der Waals surface area (Å²) in [6.45, 7) is 1.83. The van der Waals surface area contributed by atoms with Crippen molar-refractivity contribution in [2.24, 2.45) is 5.73 Å². The summed E-state index contributed by atoms with van der Waals surface area (Å²) >= 11 is 0. The first-order chi connectivity index (χ1) is 14.0. The number of aromatic nitrogens is 2. The second-order valence-electron chi connectivity index (χ2n) is 7.91. The Hall–Kier alpha value is -2.84. The summed E-state index contributed by atoms with van der Waals surface area (Å²) < 4.78 is 39.5. The van der Waals surface area contributed by atoms with Gasteiger partial charge in [-0.15, -0.1) is 0 Å². The van der Waals surface area contributed by atoms with Crippen molar-refractivity contribution in [2.75, 3.05) is 24.3 Å². The molecule has 0 radical (unpaired) electrons. The van der Waals surface area contributed by atoms with E-state index in [9.17, 15) is 18.0 Å². The average Bonchev–Trinajstić information content (AvgIpc) is 2.67. The fourth-order valence-corrected chi connectivity index (χ4v) is 3.91. The van der Waals surface area contributed by atoms with Crippen LogP contribution < -0.4 is 16.0 Å². The number of nitrogens with two attached hydrogens (primary N) is 1. The maximum absolute atomic E-state index is 13.2. The minimum atomic E-state index is -4.46. The number of anilines is 2. The van der Waals surface area contributed by atoms with Gasteiger partial charge in [-0.05, 0) is 62.3 Å². The number of amides is 1. The highest BCUT2D eigenvalue weighted by atomic mass is 19.4. The fourth-order valence-electron chi connectivity index (χ4n) is 3.91. The monoisotopic (exact) mass is 421 g/mol. The number of benzene rings is 1. The molecule has 1 fully saturated rings. The molecule has 0 bridgehead atoms. The highest BCUT2D eigenvalue weighted by Crippen LogP contribution is 2.38. The second-order valence-corrected chi connectivity index (χ2v) is 7.91. The number of hydrogen-bond acceptors (Lipinski definition) is 5. The van der Waals surface area contributed by atoms with Gasteiger partial charge in [-0.2, -0.15) is 13.2 Å². The number of rotatable bonds is 5. The molecule has 0 saturated heterocycles. The van der Waals surface area contributed by atoms with Crippen LogP contribution in [0.2, 0.25) is 0 Å². The number of nitrogens with zero attached hydrogens (tertiary/aromatic N) is 3. The Morgan fingerprint density at radius 3 is 2.37 bits per heavy atom. The Kier molecular flexibility index (Phi) is 6.19. The van der Waals surface area contributed by atoms with Crippen molar-refractivity contribution < 1.29 is 18.0 Å². The SMILES string of the molecule is Cc1nc(NC2CCC(c3cc(C(F)(F)F)ccc3C(N)=O)CC2)cc(N(C)C)n1. The minimum Gasteiger partial charge on any atom is -0.367 e. The van der Waals surface area contributed by atoms with Gasteiger partial charge in [-0.25, -0.2) is 9.97 Å². The molecule has 9 heteroatoms. The van der Waals surface area contributed by atoms with Gasteiger partial charge in [-0.3, -0.25) is 4.79 Å². The first kappa shape index (κ1) is 21.9. The van der Waals surface area contributed by atoms with Gasteiger partial charge in [0.25, 0.3) is 0 Å². The van der Waals surface area contributed by atoms with Crippen LogP contribution in [0, 0.1) is 6.92 Å². The number of aryl methyl sites for hydroxylation is 1. The van der Waals surface area contributed by atoms with E-state index in [0.717, 1.165) is 36.6 Å². The minimum absolute atomic E-state index is 0.141. The van der Waals surface area contributed by atoms with Crippen LogP contribution in [0.15, 0.2) is 24.3 Å². The molecule has 1 heterocycles. The summed E-state index contributed by atoms with van der Waals surface area (Å²) in [4.78, 5) is 22.5. The van der Waals surface area contributed by atoms with E-state index in [-0.39, 0.29) is 17.5 Å². The molecule has 1 aromatic heterocycles. The molecule has 3 rings (SSSR count). The molecule has 1 aliphatic carbocycles. The predicted octanol–water partition coefficient (Wildman–Crippen LogP) is 4.11. The van der Waals surface area contributed by atoms with Crippen LogP contribution >= 0.6 is 0 Å². The van der Waals surface area contributed by atoms with Crippen molar-refractivity contribution in [2.45, 2.75) is 50.7 Å². The number of primary amides is 1. The molecule has 162 valence electrons. The van der Waals surface area contributed by atoms with Gasteiger partial charge in [0.15, 0.2) is 0 Å². The molecule has 3 N–H and O–H groups in total. The third kappa shape index (κ3) is 5.01. The average molecular weight is 421 g/mol. The molecule has 2 aromatic rings. The molecule has 0 spiro atoms. The van der Waals surface area contributed by atoms with Crippen LogP contribution in [0.1, 0.15) is 58.9 Å². The van der Waals surface area contributed by atoms with Crippen molar-refractivity contribution in [1.82, 2.24) is 9.97 Å². The summed E-state index contributed by atoms with van der Waals surface area (Å²) in [5.74, 6) is 1.34. The molecule has 1 aliphatic rings. The van der Waals surface area contributed by atoms with E-state index in [4.69, 9.17) is 5.73 Å². The first-order valence-corrected chi connectivity index (χ1v) is 9.85. The molecular weight excluding hydrogens is 395 g/mol. The van der Waals surface area contributed by atoms with Crippen molar-refractivity contribution in [3.63, 3.8) is 0 Å². The predicted molar refractivity (Wildman–Crippen MR) is 110 cm³/mol. The second kappa shape index (κ2) is 8.49. The van der Waals surface area contributed by atoms with E-state index in [2.05, 4.69) is 15.3 Å². The Morgan fingerprint density at radius 2 is 1.80 bits per heavy atom. The standard InChI is InChI=1S/C21H26F3N5O/c1-12-26-18(11-19(27-12)29(2)3)28-15-7-4-13(5-8-15)17-10-14(21(22,23)24)6-9-16(17)20(25)30/h6,9-11,13,15H,4-5,7-8H2,1-3H3,(H2,25,30)(H,26,27,28). The number of halogens is 3. The van der Waals surface area contributed by atoms with Crippen LogP contribution in [0.3, 0.4) is 0 Å². The van der Waals surface area contributed by atoms with Gasteiger partial charge >= 0.3 is 6.18 Å². The van der Waals surface area contributed by atoms with Gasteiger partial charge in [0.1, 0.15) is 17.5 Å². The lowest BCUT2D eigenvalue weighted by Crippen LogP contribution is -2.27. The van der Waals surface area contributed by atoms with E-state index in [1.165, 1.54) is 6.07 Å². The Morgan fingerprint density at radius 1 is 1.13 bits per heavy atom. The number of nitrogens with one attached hydrogen (secondary N) is 1. The smallest absolute Gasteiger partial charge is 0.367 e. The van der Waals surface area contributed by atoms with Crippen molar-refractivity contribution in [3.05, 3.63) is 46.8 Å². The van der Waals surface area contributed by atoms with Gasteiger partial charge in [0.05, 0.1) is 5.56 Å². The molecule has 0 unspecified atom stereocenters. The highest BCUT2D eigenvalue weighted by molar-refractivity contribution is 5.94. The Labute approximate surface area is 173 Å². The number of carbonyl (C=O) groups is 1. The normalized spacial score (nSPS) is 19.4. The van der Waals surface area contributed by atoms with Crippen LogP contribution in [-0.4, -0.2) is 36.0 Å². The molecule has 6 nitrogen and oxygen atoms in total. The number of hydrogen-bond donors (Lipinski definition) is 2. The third-order valence-electron chi connectivity index (χ3n) is 5.45. The molecule has 0 atom stereocenters. The van der Waals surface area contributed by atoms with E-state index < -0.39 is 17.6 Å². The number of carbonyl (C=O) groups excluding carboxylic acids is 1. The lowest BCUT2D eigenvalue weighted by atomic mass is 9.79. The lowest BCUT2D eigenvalue weighted by molar-refractivity contribution is -0.137. The maximum Gasteiger partial charge on any atom is 0.416 e. The highest BCUT2D eigenvalue weighted by Gasteiger charge is 2.33. The molecule has 1 aromatic carbocycles. The van der Waals surface area contributed by atoms with Gasteiger partial charge < -0.3 is 16.0 Å². The van der Waals surface area contributed by atoms with Gasteiger partial charge in [0.2, 0.25) is 5.91 Å². The topological polar surface area (TPSA) is 84.1 Å². The molecule has 1 amide bonds. The van der Waals surface area contributed by atoms with Crippen LogP contribution in [0.5, 0.6) is 0 Å². The van der Waals surface area contributed by atoms with E-state index in [1.54, 1.807) is 0 Å². The summed E-state index contributed by atoms with van der Waals surface area (Å²) in [5, 5.41) is 3.41. The van der Waals surface area contributed by atoms with Crippen LogP contribution in [0.4, 0.5) is 24.8 Å². The molecule has 30 heavy (non-hydrogen) atoms.